The summed E-state index contributed by atoms with van der Waals surface area (Å²) in [5.41, 5.74) is 6.15. The first-order valence-corrected chi connectivity index (χ1v) is 8.97. The van der Waals surface area contributed by atoms with Crippen LogP contribution < -0.4 is 5.73 Å². The first-order valence-electron chi connectivity index (χ1n) is 7.89. The number of halogens is 1. The number of piperidine rings is 1. The monoisotopic (exact) mass is 444 g/mol. The van der Waals surface area contributed by atoms with Gasteiger partial charge in [-0.1, -0.05) is 0 Å². The Hall–Kier alpha value is -1.49. The summed E-state index contributed by atoms with van der Waals surface area (Å²) in [6.07, 6.45) is 3.31. The third-order valence-corrected chi connectivity index (χ3v) is 4.76. The molecule has 130 valence electrons. The number of hydroxylamine groups is 2. The number of carbonyl (C=O) groups excluding carboxylic acids is 1. The predicted molar refractivity (Wildman–Crippen MR) is 97.8 cm³/mol. The molecule has 0 aromatic carbocycles. The van der Waals surface area contributed by atoms with E-state index in [4.69, 9.17) is 10.6 Å². The van der Waals surface area contributed by atoms with Crippen molar-refractivity contribution in [1.29, 1.82) is 0 Å². The van der Waals surface area contributed by atoms with Crippen LogP contribution in [0, 0.1) is 9.12 Å². The van der Waals surface area contributed by atoms with Crippen LogP contribution in [0.1, 0.15) is 39.7 Å². The highest BCUT2D eigenvalue weighted by Crippen LogP contribution is 2.29. The van der Waals surface area contributed by atoms with Gasteiger partial charge in [0.2, 0.25) is 0 Å². The molecule has 1 aliphatic rings. The summed E-state index contributed by atoms with van der Waals surface area (Å²) in [5.74, 6) is 0.206. The minimum absolute atomic E-state index is 0.0758. The maximum absolute atomic E-state index is 12.1. The molecule has 0 saturated carbocycles. The average Bonchev–Trinajstić information content (AvgIpc) is 2.85. The van der Waals surface area contributed by atoms with Crippen LogP contribution in [0.5, 0.6) is 0 Å². The van der Waals surface area contributed by atoms with Gasteiger partial charge in [0, 0.05) is 6.54 Å². The lowest BCUT2D eigenvalue weighted by atomic mass is 9.98. The number of aromatic nitrogens is 4. The molecule has 8 nitrogen and oxygen atoms in total. The van der Waals surface area contributed by atoms with E-state index in [-0.39, 0.29) is 12.0 Å². The predicted octanol–water partition coefficient (Wildman–Crippen LogP) is 2.15. The number of hydrogen-bond acceptors (Lipinski definition) is 7. The van der Waals surface area contributed by atoms with Gasteiger partial charge in [0.1, 0.15) is 15.8 Å². The first-order chi connectivity index (χ1) is 11.3. The minimum atomic E-state index is -0.525. The number of anilines is 1. The second-order valence-electron chi connectivity index (χ2n) is 7.01. The summed E-state index contributed by atoms with van der Waals surface area (Å²) >= 11 is 2.15. The Bertz CT molecular complexity index is 769. The largest absolute Gasteiger partial charge is 0.383 e. The molecule has 2 aromatic rings. The van der Waals surface area contributed by atoms with Crippen molar-refractivity contribution in [2.45, 2.75) is 39.7 Å². The molecule has 1 fully saturated rings. The summed E-state index contributed by atoms with van der Waals surface area (Å²) in [7, 11) is 0. The standard InChI is InChI=1S/C15H21IN6O2/c1-15(2,3)14(23)24-21-6-4-5-9(7-21)22-13-10(11(16)20-22)12(17)18-8-19-13/h8-9H,4-7H2,1-3H3,(H2,17,18,19)/t9-/m1/s1. The molecule has 3 heterocycles. The van der Waals surface area contributed by atoms with Crippen LogP contribution in [0.15, 0.2) is 6.33 Å². The molecular formula is C15H21IN6O2. The van der Waals surface area contributed by atoms with Crippen molar-refractivity contribution in [2.75, 3.05) is 18.8 Å². The van der Waals surface area contributed by atoms with E-state index in [1.54, 1.807) is 5.06 Å². The van der Waals surface area contributed by atoms with Crippen molar-refractivity contribution < 1.29 is 9.63 Å². The maximum Gasteiger partial charge on any atom is 0.330 e. The Balaban J connectivity index is 1.83. The van der Waals surface area contributed by atoms with Gasteiger partial charge in [0.05, 0.1) is 23.4 Å². The number of carbonyl (C=O) groups is 1. The third kappa shape index (κ3) is 3.32. The van der Waals surface area contributed by atoms with E-state index in [1.807, 2.05) is 25.5 Å². The van der Waals surface area contributed by atoms with Gasteiger partial charge in [0.15, 0.2) is 5.65 Å². The molecule has 3 rings (SSSR count). The van der Waals surface area contributed by atoms with Gasteiger partial charge in [-0.25, -0.2) is 19.4 Å². The second kappa shape index (κ2) is 6.43. The molecule has 0 spiro atoms. The van der Waals surface area contributed by atoms with Gasteiger partial charge in [-0.15, -0.1) is 5.06 Å². The van der Waals surface area contributed by atoms with Crippen LogP contribution in [0.4, 0.5) is 5.82 Å². The van der Waals surface area contributed by atoms with Gasteiger partial charge in [-0.05, 0) is 56.2 Å². The fourth-order valence-corrected chi connectivity index (χ4v) is 3.42. The van der Waals surface area contributed by atoms with E-state index in [1.165, 1.54) is 6.33 Å². The molecule has 1 saturated heterocycles. The normalized spacial score (nSPS) is 19.6. The van der Waals surface area contributed by atoms with Gasteiger partial charge in [-0.3, -0.25) is 0 Å². The van der Waals surface area contributed by atoms with Crippen molar-refractivity contribution >= 4 is 45.4 Å². The quantitative estimate of drug-likeness (QED) is 0.709. The fourth-order valence-electron chi connectivity index (χ4n) is 2.67. The lowest BCUT2D eigenvalue weighted by molar-refractivity contribution is -0.207. The highest BCUT2D eigenvalue weighted by molar-refractivity contribution is 14.1. The van der Waals surface area contributed by atoms with Crippen LogP contribution in [-0.4, -0.2) is 43.9 Å². The third-order valence-electron chi connectivity index (χ3n) is 4.00. The van der Waals surface area contributed by atoms with E-state index in [0.717, 1.165) is 34.1 Å². The van der Waals surface area contributed by atoms with Gasteiger partial charge < -0.3 is 10.6 Å². The van der Waals surface area contributed by atoms with E-state index >= 15 is 0 Å². The molecule has 9 heteroatoms. The van der Waals surface area contributed by atoms with E-state index in [0.29, 0.717) is 12.4 Å². The van der Waals surface area contributed by atoms with Crippen molar-refractivity contribution in [3.8, 4) is 0 Å². The summed E-state index contributed by atoms with van der Waals surface area (Å²) in [6.45, 7) is 6.85. The molecule has 0 aliphatic carbocycles. The smallest absolute Gasteiger partial charge is 0.330 e. The molecule has 0 unspecified atom stereocenters. The van der Waals surface area contributed by atoms with Crippen molar-refractivity contribution in [1.82, 2.24) is 24.8 Å². The lowest BCUT2D eigenvalue weighted by Gasteiger charge is -2.32. The number of nitrogens with zero attached hydrogens (tertiary/aromatic N) is 5. The molecule has 2 N–H and O–H groups in total. The van der Waals surface area contributed by atoms with Crippen LogP contribution >= 0.6 is 22.6 Å². The summed E-state index contributed by atoms with van der Waals surface area (Å²) in [5, 5.41) is 7.10. The second-order valence-corrected chi connectivity index (χ2v) is 8.03. The minimum Gasteiger partial charge on any atom is -0.383 e. The SMILES string of the molecule is CC(C)(C)C(=O)ON1CCC[C@@H](n2nc(I)c3c(N)ncnc32)C1. The van der Waals surface area contributed by atoms with Crippen LogP contribution in [0.25, 0.3) is 11.0 Å². The molecule has 1 atom stereocenters. The van der Waals surface area contributed by atoms with Crippen molar-refractivity contribution in [3.63, 3.8) is 0 Å². The maximum atomic E-state index is 12.1. The zero-order valence-electron chi connectivity index (χ0n) is 14.0. The molecule has 2 aromatic heterocycles. The van der Waals surface area contributed by atoms with E-state index in [9.17, 15) is 4.79 Å². The van der Waals surface area contributed by atoms with Gasteiger partial charge >= 0.3 is 5.97 Å². The first kappa shape index (κ1) is 17.3. The average molecular weight is 444 g/mol. The summed E-state index contributed by atoms with van der Waals surface area (Å²) in [6, 6.07) is 0.0758. The number of hydrogen-bond donors (Lipinski definition) is 1. The van der Waals surface area contributed by atoms with Crippen LogP contribution in [-0.2, 0) is 9.63 Å². The highest BCUT2D eigenvalue weighted by Gasteiger charge is 2.31. The molecule has 0 bridgehead atoms. The molecule has 24 heavy (non-hydrogen) atoms. The fraction of sp³-hybridized carbons (Fsp3) is 0.600. The Kier molecular flexibility index (Phi) is 4.65. The zero-order valence-corrected chi connectivity index (χ0v) is 16.1. The van der Waals surface area contributed by atoms with Crippen LogP contribution in [0.2, 0.25) is 0 Å². The summed E-state index contributed by atoms with van der Waals surface area (Å²) in [4.78, 5) is 26.0. The van der Waals surface area contributed by atoms with E-state index in [2.05, 4.69) is 37.7 Å². The van der Waals surface area contributed by atoms with Gasteiger partial charge in [0.25, 0.3) is 0 Å². The molecule has 1 aliphatic heterocycles. The number of fused-ring (bicyclic) bond motifs is 1. The molecule has 0 amide bonds. The Labute approximate surface area is 153 Å². The number of rotatable bonds is 2. The Morgan fingerprint density at radius 2 is 2.17 bits per heavy atom. The topological polar surface area (TPSA) is 99.2 Å². The van der Waals surface area contributed by atoms with Crippen molar-refractivity contribution in [3.05, 3.63) is 10.0 Å². The van der Waals surface area contributed by atoms with Gasteiger partial charge in [-0.2, -0.15) is 5.10 Å². The zero-order chi connectivity index (χ0) is 17.5. The number of nitrogen functional groups attached to an aromatic ring is 1. The van der Waals surface area contributed by atoms with E-state index < -0.39 is 5.41 Å². The van der Waals surface area contributed by atoms with Crippen LogP contribution in [0.3, 0.4) is 0 Å². The lowest BCUT2D eigenvalue weighted by Crippen LogP contribution is -2.40. The van der Waals surface area contributed by atoms with Crippen molar-refractivity contribution in [2.24, 2.45) is 5.41 Å². The number of nitrogens with two attached hydrogens (primary N) is 1. The molecule has 0 radical (unpaired) electrons. The Morgan fingerprint density at radius 3 is 2.88 bits per heavy atom. The Morgan fingerprint density at radius 1 is 1.42 bits per heavy atom. The summed E-state index contributed by atoms with van der Waals surface area (Å²) < 4.78 is 2.66. The molecular weight excluding hydrogens is 423 g/mol. The highest BCUT2D eigenvalue weighted by atomic mass is 127.